The first-order valence-corrected chi connectivity index (χ1v) is 8.12. The van der Waals surface area contributed by atoms with E-state index in [4.69, 9.17) is 0 Å². The number of hydrogen-bond acceptors (Lipinski definition) is 4. The van der Waals surface area contributed by atoms with Gasteiger partial charge in [0.05, 0.1) is 6.54 Å². The number of aromatic nitrogens is 2. The Morgan fingerprint density at radius 1 is 1.45 bits per heavy atom. The lowest BCUT2D eigenvalue weighted by Gasteiger charge is -2.41. The third-order valence-electron chi connectivity index (χ3n) is 4.51. The van der Waals surface area contributed by atoms with Crippen molar-refractivity contribution in [2.45, 2.75) is 31.8 Å². The zero-order valence-electron chi connectivity index (χ0n) is 12.9. The number of hydrogen-bond donors (Lipinski definition) is 3. The quantitative estimate of drug-likeness (QED) is 0.710. The predicted molar refractivity (Wildman–Crippen MR) is 82.2 cm³/mol. The van der Waals surface area contributed by atoms with Crippen LogP contribution in [0.5, 0.6) is 0 Å². The first-order valence-electron chi connectivity index (χ1n) is 8.12. The molecule has 2 heterocycles. The van der Waals surface area contributed by atoms with Crippen LogP contribution in [0, 0.1) is 5.92 Å². The van der Waals surface area contributed by atoms with Gasteiger partial charge in [-0.2, -0.15) is 0 Å². The SMILES string of the molecule is O=C(NCc1ncc[nH]1)N1CCN(CC2CC2)[C@H](CCO)C1. The minimum atomic E-state index is -0.0505. The molecule has 1 atom stereocenters. The molecule has 7 nitrogen and oxygen atoms in total. The van der Waals surface area contributed by atoms with Crippen LogP contribution in [0.25, 0.3) is 0 Å². The highest BCUT2D eigenvalue weighted by atomic mass is 16.3. The van der Waals surface area contributed by atoms with Gasteiger partial charge in [0.1, 0.15) is 5.82 Å². The van der Waals surface area contributed by atoms with Gasteiger partial charge in [0.2, 0.25) is 0 Å². The van der Waals surface area contributed by atoms with Crippen molar-refractivity contribution in [3.8, 4) is 0 Å². The fraction of sp³-hybridized carbons (Fsp3) is 0.733. The summed E-state index contributed by atoms with van der Waals surface area (Å²) in [6, 6.07) is 0.221. The van der Waals surface area contributed by atoms with E-state index < -0.39 is 0 Å². The number of amides is 2. The van der Waals surface area contributed by atoms with E-state index in [1.54, 1.807) is 12.4 Å². The Labute approximate surface area is 130 Å². The fourth-order valence-corrected chi connectivity index (χ4v) is 3.04. The summed E-state index contributed by atoms with van der Waals surface area (Å²) < 4.78 is 0. The molecular weight excluding hydrogens is 282 g/mol. The summed E-state index contributed by atoms with van der Waals surface area (Å²) in [6.45, 7) is 4.05. The van der Waals surface area contributed by atoms with Crippen LogP contribution in [0.2, 0.25) is 0 Å². The van der Waals surface area contributed by atoms with Gasteiger partial charge >= 0.3 is 6.03 Å². The van der Waals surface area contributed by atoms with Crippen molar-refractivity contribution in [2.75, 3.05) is 32.8 Å². The number of aliphatic hydroxyl groups excluding tert-OH is 1. The average Bonchev–Trinajstić information content (AvgIpc) is 3.18. The van der Waals surface area contributed by atoms with Gasteiger partial charge in [-0.05, 0) is 25.2 Å². The van der Waals surface area contributed by atoms with Gasteiger partial charge in [-0.1, -0.05) is 0 Å². The third kappa shape index (κ3) is 3.98. The summed E-state index contributed by atoms with van der Waals surface area (Å²) in [5.74, 6) is 1.59. The first kappa shape index (κ1) is 15.3. The van der Waals surface area contributed by atoms with E-state index in [2.05, 4.69) is 20.2 Å². The number of piperazine rings is 1. The molecule has 0 spiro atoms. The van der Waals surface area contributed by atoms with E-state index in [1.165, 1.54) is 12.8 Å². The second-order valence-corrected chi connectivity index (χ2v) is 6.25. The zero-order chi connectivity index (χ0) is 15.4. The number of urea groups is 1. The molecule has 0 bridgehead atoms. The van der Waals surface area contributed by atoms with Crippen molar-refractivity contribution in [3.63, 3.8) is 0 Å². The van der Waals surface area contributed by atoms with Crippen LogP contribution in [0.15, 0.2) is 12.4 Å². The standard InChI is InChI=1S/C15H25N5O2/c21-8-3-13-11-20(7-6-19(13)10-12-1-2-12)15(22)18-9-14-16-4-5-17-14/h4-5,12-13,21H,1-3,6-11H2,(H,16,17)(H,18,22)/t13-/m1/s1. The van der Waals surface area contributed by atoms with Gasteiger partial charge in [-0.25, -0.2) is 9.78 Å². The lowest BCUT2D eigenvalue weighted by molar-refractivity contribution is 0.0702. The molecule has 7 heteroatoms. The molecule has 0 radical (unpaired) electrons. The number of aliphatic hydroxyl groups is 1. The Kier molecular flexibility index (Phi) is 4.94. The third-order valence-corrected chi connectivity index (χ3v) is 4.51. The van der Waals surface area contributed by atoms with Gasteiger partial charge in [0, 0.05) is 51.2 Å². The molecule has 1 aliphatic heterocycles. The Balaban J connectivity index is 1.50. The van der Waals surface area contributed by atoms with Crippen LogP contribution in [-0.2, 0) is 6.54 Å². The lowest BCUT2D eigenvalue weighted by atomic mass is 10.1. The van der Waals surface area contributed by atoms with Crippen LogP contribution in [0.1, 0.15) is 25.1 Å². The van der Waals surface area contributed by atoms with Crippen molar-refractivity contribution in [2.24, 2.45) is 5.92 Å². The average molecular weight is 307 g/mol. The smallest absolute Gasteiger partial charge is 0.317 e. The maximum Gasteiger partial charge on any atom is 0.317 e. The molecule has 1 saturated carbocycles. The molecule has 3 N–H and O–H groups in total. The Morgan fingerprint density at radius 2 is 2.32 bits per heavy atom. The second kappa shape index (κ2) is 7.11. The molecule has 1 aliphatic carbocycles. The molecule has 122 valence electrons. The molecule has 2 amide bonds. The van der Waals surface area contributed by atoms with E-state index >= 15 is 0 Å². The van der Waals surface area contributed by atoms with Crippen LogP contribution in [0.4, 0.5) is 4.79 Å². The summed E-state index contributed by atoms with van der Waals surface area (Å²) in [4.78, 5) is 23.7. The molecule has 1 saturated heterocycles. The summed E-state index contributed by atoms with van der Waals surface area (Å²) in [7, 11) is 0. The maximum atomic E-state index is 12.3. The molecule has 2 fully saturated rings. The zero-order valence-corrected chi connectivity index (χ0v) is 12.9. The minimum absolute atomic E-state index is 0.0505. The van der Waals surface area contributed by atoms with Crippen LogP contribution in [0.3, 0.4) is 0 Å². The van der Waals surface area contributed by atoms with E-state index in [0.717, 1.165) is 37.8 Å². The van der Waals surface area contributed by atoms with Gasteiger partial charge in [0.25, 0.3) is 0 Å². The molecule has 0 aromatic carbocycles. The highest BCUT2D eigenvalue weighted by molar-refractivity contribution is 5.74. The number of carbonyl (C=O) groups is 1. The molecule has 2 aliphatic rings. The van der Waals surface area contributed by atoms with E-state index in [9.17, 15) is 9.90 Å². The van der Waals surface area contributed by atoms with E-state index in [0.29, 0.717) is 13.1 Å². The van der Waals surface area contributed by atoms with E-state index in [-0.39, 0.29) is 18.7 Å². The van der Waals surface area contributed by atoms with Crippen LogP contribution in [-0.4, -0.2) is 69.7 Å². The summed E-state index contributed by atoms with van der Waals surface area (Å²) in [5.41, 5.74) is 0. The Morgan fingerprint density at radius 3 is 3.00 bits per heavy atom. The number of imidazole rings is 1. The van der Waals surface area contributed by atoms with Crippen LogP contribution < -0.4 is 5.32 Å². The minimum Gasteiger partial charge on any atom is -0.396 e. The Hall–Kier alpha value is -1.60. The monoisotopic (exact) mass is 307 g/mol. The number of H-pyrrole nitrogens is 1. The second-order valence-electron chi connectivity index (χ2n) is 6.25. The fourth-order valence-electron chi connectivity index (χ4n) is 3.04. The normalized spacial score (nSPS) is 22.8. The highest BCUT2D eigenvalue weighted by Crippen LogP contribution is 2.31. The molecular formula is C15H25N5O2. The number of carbonyl (C=O) groups excluding carboxylic acids is 1. The molecule has 1 aromatic rings. The van der Waals surface area contributed by atoms with Crippen molar-refractivity contribution in [1.82, 2.24) is 25.1 Å². The number of nitrogens with one attached hydrogen (secondary N) is 2. The summed E-state index contributed by atoms with van der Waals surface area (Å²) in [5, 5.41) is 12.2. The van der Waals surface area contributed by atoms with Crippen molar-refractivity contribution in [3.05, 3.63) is 18.2 Å². The van der Waals surface area contributed by atoms with Gasteiger partial charge in [0.15, 0.2) is 0 Å². The molecule has 0 unspecified atom stereocenters. The summed E-state index contributed by atoms with van der Waals surface area (Å²) in [6.07, 6.45) is 6.81. The number of aromatic amines is 1. The van der Waals surface area contributed by atoms with E-state index in [1.807, 2.05) is 4.90 Å². The number of nitrogens with zero attached hydrogens (tertiary/aromatic N) is 3. The topological polar surface area (TPSA) is 84.5 Å². The van der Waals surface area contributed by atoms with Crippen molar-refractivity contribution in [1.29, 1.82) is 0 Å². The lowest BCUT2D eigenvalue weighted by Crippen LogP contribution is -2.57. The largest absolute Gasteiger partial charge is 0.396 e. The number of rotatable bonds is 6. The van der Waals surface area contributed by atoms with Crippen molar-refractivity contribution >= 4 is 6.03 Å². The molecule has 3 rings (SSSR count). The van der Waals surface area contributed by atoms with Crippen LogP contribution >= 0.6 is 0 Å². The van der Waals surface area contributed by atoms with Gasteiger partial charge in [-0.3, -0.25) is 4.90 Å². The summed E-state index contributed by atoms with van der Waals surface area (Å²) >= 11 is 0. The molecule has 22 heavy (non-hydrogen) atoms. The molecule has 1 aromatic heterocycles. The van der Waals surface area contributed by atoms with Gasteiger partial charge in [-0.15, -0.1) is 0 Å². The van der Waals surface area contributed by atoms with Crippen molar-refractivity contribution < 1.29 is 9.90 Å². The Bertz CT molecular complexity index is 474. The first-order chi connectivity index (χ1) is 10.8. The van der Waals surface area contributed by atoms with Gasteiger partial charge < -0.3 is 20.3 Å². The predicted octanol–water partition coefficient (Wildman–Crippen LogP) is 0.398. The highest BCUT2D eigenvalue weighted by Gasteiger charge is 2.33. The maximum absolute atomic E-state index is 12.3.